The molecule has 0 spiro atoms. The van der Waals surface area contributed by atoms with E-state index in [2.05, 4.69) is 5.32 Å². The molecule has 0 aliphatic rings. The Morgan fingerprint density at radius 1 is 1.11 bits per heavy atom. The van der Waals surface area contributed by atoms with E-state index in [9.17, 15) is 24.3 Å². The number of amides is 1. The third-order valence-corrected chi connectivity index (χ3v) is 3.98. The van der Waals surface area contributed by atoms with E-state index in [4.69, 9.17) is 0 Å². The minimum Gasteiger partial charge on any atom is -0.480 e. The van der Waals surface area contributed by atoms with Gasteiger partial charge in [-0.1, -0.05) is 44.2 Å². The summed E-state index contributed by atoms with van der Waals surface area (Å²) in [5.74, 6) is -1.78. The molecule has 0 bridgehead atoms. The van der Waals surface area contributed by atoms with Crippen LogP contribution in [0.5, 0.6) is 0 Å². The summed E-state index contributed by atoms with van der Waals surface area (Å²) >= 11 is 0. The van der Waals surface area contributed by atoms with E-state index in [1.54, 1.807) is 0 Å². The van der Waals surface area contributed by atoms with Gasteiger partial charge in [0.1, 0.15) is 12.6 Å². The zero-order valence-corrected chi connectivity index (χ0v) is 15.3. The Morgan fingerprint density at radius 2 is 1.78 bits per heavy atom. The Kier molecular flexibility index (Phi) is 6.70. The molecule has 0 aliphatic heterocycles. The molecule has 1 aromatic carbocycles. The molecule has 2 N–H and O–H groups in total. The highest BCUT2D eigenvalue weighted by atomic mass is 16.4. The van der Waals surface area contributed by atoms with Crippen molar-refractivity contribution in [2.45, 2.75) is 39.4 Å². The molecular weight excluding hydrogens is 350 g/mol. The van der Waals surface area contributed by atoms with Crippen LogP contribution in [-0.2, 0) is 22.7 Å². The quantitative estimate of drug-likeness (QED) is 0.707. The Labute approximate surface area is 156 Å². The molecule has 2 aromatic rings. The topological polar surface area (TPSA) is 110 Å². The molecule has 27 heavy (non-hydrogen) atoms. The smallest absolute Gasteiger partial charge is 0.331 e. The lowest BCUT2D eigenvalue weighted by molar-refractivity contribution is -0.142. The number of hydrogen-bond acceptors (Lipinski definition) is 4. The van der Waals surface area contributed by atoms with Crippen molar-refractivity contribution in [1.82, 2.24) is 14.5 Å². The number of aromatic nitrogens is 2. The minimum atomic E-state index is -1.15. The highest BCUT2D eigenvalue weighted by molar-refractivity contribution is 5.83. The summed E-state index contributed by atoms with van der Waals surface area (Å²) in [5, 5.41) is 11.6. The van der Waals surface area contributed by atoms with Crippen LogP contribution in [0.4, 0.5) is 0 Å². The number of nitrogens with one attached hydrogen (secondary N) is 1. The highest BCUT2D eigenvalue weighted by Crippen LogP contribution is 2.05. The van der Waals surface area contributed by atoms with Crippen LogP contribution < -0.4 is 16.6 Å². The second-order valence-electron chi connectivity index (χ2n) is 6.72. The third-order valence-electron chi connectivity index (χ3n) is 3.98. The zero-order chi connectivity index (χ0) is 20.0. The average Bonchev–Trinajstić information content (AvgIpc) is 2.61. The molecule has 8 heteroatoms. The van der Waals surface area contributed by atoms with Gasteiger partial charge < -0.3 is 10.4 Å². The number of hydrogen-bond donors (Lipinski definition) is 2. The van der Waals surface area contributed by atoms with Crippen LogP contribution in [0.2, 0.25) is 0 Å². The van der Waals surface area contributed by atoms with E-state index < -0.39 is 35.7 Å². The van der Waals surface area contributed by atoms with Crippen molar-refractivity contribution in [1.29, 1.82) is 0 Å². The fourth-order valence-corrected chi connectivity index (χ4v) is 2.68. The normalized spacial score (nSPS) is 12.0. The van der Waals surface area contributed by atoms with Crippen LogP contribution in [0.3, 0.4) is 0 Å². The third kappa shape index (κ3) is 5.67. The maximum absolute atomic E-state index is 12.6. The van der Waals surface area contributed by atoms with Crippen molar-refractivity contribution in [2.75, 3.05) is 0 Å². The molecule has 8 nitrogen and oxygen atoms in total. The number of nitrogens with zero attached hydrogens (tertiary/aromatic N) is 2. The second kappa shape index (κ2) is 8.98. The maximum Gasteiger partial charge on any atom is 0.331 e. The van der Waals surface area contributed by atoms with Crippen LogP contribution in [0.25, 0.3) is 0 Å². The molecule has 1 aromatic heterocycles. The Hall–Kier alpha value is -3.16. The molecule has 0 aliphatic carbocycles. The van der Waals surface area contributed by atoms with Gasteiger partial charge in [-0.3, -0.25) is 18.7 Å². The van der Waals surface area contributed by atoms with Gasteiger partial charge in [0.25, 0.3) is 5.56 Å². The van der Waals surface area contributed by atoms with Gasteiger partial charge in [0.2, 0.25) is 5.91 Å². The van der Waals surface area contributed by atoms with Gasteiger partial charge >= 0.3 is 11.7 Å². The number of aliphatic carboxylic acids is 1. The maximum atomic E-state index is 12.6. The molecule has 0 fully saturated rings. The van der Waals surface area contributed by atoms with E-state index >= 15 is 0 Å². The van der Waals surface area contributed by atoms with Crippen molar-refractivity contribution >= 4 is 11.9 Å². The van der Waals surface area contributed by atoms with Crippen molar-refractivity contribution < 1.29 is 14.7 Å². The standard InChI is InChI=1S/C19H23N3O5/c1-13(2)10-15(18(25)26)20-16(23)12-22-17(24)8-9-21(19(22)27)11-14-6-4-3-5-7-14/h3-9,13,15H,10-12H2,1-2H3,(H,20,23)(H,25,26)/t15-/m1/s1. The fourth-order valence-electron chi connectivity index (χ4n) is 2.68. The highest BCUT2D eigenvalue weighted by Gasteiger charge is 2.21. The molecule has 0 unspecified atom stereocenters. The van der Waals surface area contributed by atoms with Gasteiger partial charge in [0, 0.05) is 12.3 Å². The van der Waals surface area contributed by atoms with Crippen LogP contribution >= 0.6 is 0 Å². The summed E-state index contributed by atoms with van der Waals surface area (Å²) < 4.78 is 2.12. The molecule has 1 heterocycles. The summed E-state index contributed by atoms with van der Waals surface area (Å²) in [5.41, 5.74) is -0.371. The number of carboxylic acid groups (broad SMARTS) is 1. The van der Waals surface area contributed by atoms with Crippen molar-refractivity contribution in [2.24, 2.45) is 5.92 Å². The van der Waals surface area contributed by atoms with E-state index in [1.165, 1.54) is 16.8 Å². The SMILES string of the molecule is CC(C)C[C@@H](NC(=O)Cn1c(=O)ccn(Cc2ccccc2)c1=O)C(=O)O. The number of benzene rings is 1. The van der Waals surface area contributed by atoms with Gasteiger partial charge in [-0.05, 0) is 17.9 Å². The first kappa shape index (κ1) is 20.2. The number of carboxylic acids is 1. The average molecular weight is 373 g/mol. The largest absolute Gasteiger partial charge is 0.480 e. The lowest BCUT2D eigenvalue weighted by Crippen LogP contribution is -2.47. The summed E-state index contributed by atoms with van der Waals surface area (Å²) in [6.07, 6.45) is 1.63. The first-order valence-corrected chi connectivity index (χ1v) is 8.64. The van der Waals surface area contributed by atoms with Gasteiger partial charge in [-0.25, -0.2) is 9.59 Å². The van der Waals surface area contributed by atoms with Crippen LogP contribution in [-0.4, -0.2) is 32.2 Å². The molecule has 0 saturated heterocycles. The molecular formula is C19H23N3O5. The van der Waals surface area contributed by atoms with E-state index in [-0.39, 0.29) is 18.9 Å². The molecule has 0 saturated carbocycles. The summed E-state index contributed by atoms with van der Waals surface area (Å²) in [4.78, 5) is 48.1. The molecule has 1 amide bonds. The van der Waals surface area contributed by atoms with Crippen molar-refractivity contribution in [3.63, 3.8) is 0 Å². The predicted molar refractivity (Wildman–Crippen MR) is 99.5 cm³/mol. The molecule has 1 atom stereocenters. The summed E-state index contributed by atoms with van der Waals surface area (Å²) in [6, 6.07) is 9.36. The minimum absolute atomic E-state index is 0.0638. The second-order valence-corrected chi connectivity index (χ2v) is 6.72. The lowest BCUT2D eigenvalue weighted by Gasteiger charge is -2.17. The number of carbonyl (C=O) groups is 2. The van der Waals surface area contributed by atoms with E-state index in [0.29, 0.717) is 0 Å². The molecule has 2 rings (SSSR count). The zero-order valence-electron chi connectivity index (χ0n) is 15.3. The van der Waals surface area contributed by atoms with E-state index in [0.717, 1.165) is 10.1 Å². The monoisotopic (exact) mass is 373 g/mol. The van der Waals surface area contributed by atoms with Crippen molar-refractivity contribution in [3.8, 4) is 0 Å². The molecule has 144 valence electrons. The van der Waals surface area contributed by atoms with Gasteiger partial charge in [-0.15, -0.1) is 0 Å². The predicted octanol–water partition coefficient (Wildman–Crippen LogP) is 0.674. The lowest BCUT2D eigenvalue weighted by atomic mass is 10.0. The Morgan fingerprint density at radius 3 is 2.37 bits per heavy atom. The van der Waals surface area contributed by atoms with E-state index in [1.807, 2.05) is 44.2 Å². The van der Waals surface area contributed by atoms with Crippen molar-refractivity contribution in [3.05, 3.63) is 69.0 Å². The van der Waals surface area contributed by atoms with Gasteiger partial charge in [0.05, 0.1) is 6.54 Å². The number of rotatable bonds is 8. The Balaban J connectivity index is 2.19. The van der Waals surface area contributed by atoms with Crippen LogP contribution in [0, 0.1) is 5.92 Å². The van der Waals surface area contributed by atoms with Crippen LogP contribution in [0.15, 0.2) is 52.2 Å². The first-order chi connectivity index (χ1) is 12.8. The Bertz CT molecular complexity index is 915. The fraction of sp³-hybridized carbons (Fsp3) is 0.368. The van der Waals surface area contributed by atoms with Crippen LogP contribution in [0.1, 0.15) is 25.8 Å². The first-order valence-electron chi connectivity index (χ1n) is 8.64. The number of carbonyl (C=O) groups excluding carboxylic acids is 1. The van der Waals surface area contributed by atoms with Gasteiger partial charge in [0.15, 0.2) is 0 Å². The summed E-state index contributed by atoms with van der Waals surface area (Å²) in [6.45, 7) is 3.40. The summed E-state index contributed by atoms with van der Waals surface area (Å²) in [7, 11) is 0. The van der Waals surface area contributed by atoms with Gasteiger partial charge in [-0.2, -0.15) is 0 Å². The molecule has 0 radical (unpaired) electrons.